The van der Waals surface area contributed by atoms with Gasteiger partial charge in [-0.2, -0.15) is 0 Å². The minimum Gasteiger partial charge on any atom is -0.495 e. The Morgan fingerprint density at radius 1 is 1.23 bits per heavy atom. The number of ether oxygens (including phenoxy) is 2. The fourth-order valence-electron chi connectivity index (χ4n) is 3.59. The number of nitrogens with zero attached hydrogens (tertiary/aromatic N) is 4. The summed E-state index contributed by atoms with van der Waals surface area (Å²) in [7, 11) is 3.26. The summed E-state index contributed by atoms with van der Waals surface area (Å²) in [6.07, 6.45) is 2.76. The van der Waals surface area contributed by atoms with Gasteiger partial charge in [-0.1, -0.05) is 6.07 Å². The molecule has 3 aromatic heterocycles. The molecule has 3 heterocycles. The first-order chi connectivity index (χ1) is 14.9. The van der Waals surface area contributed by atoms with Crippen molar-refractivity contribution in [1.29, 1.82) is 0 Å². The highest BCUT2D eigenvalue weighted by atomic mass is 16.5. The van der Waals surface area contributed by atoms with Crippen molar-refractivity contribution < 1.29 is 9.47 Å². The molecule has 0 spiro atoms. The van der Waals surface area contributed by atoms with E-state index in [1.54, 1.807) is 26.4 Å². The molecule has 8 nitrogen and oxygen atoms in total. The van der Waals surface area contributed by atoms with Gasteiger partial charge in [-0.25, -0.2) is 4.68 Å². The summed E-state index contributed by atoms with van der Waals surface area (Å²) in [5.74, 6) is 1.95. The topological polar surface area (TPSA) is 91.2 Å². The van der Waals surface area contributed by atoms with Crippen LogP contribution in [0.3, 0.4) is 0 Å². The predicted octanol–water partition coefficient (Wildman–Crippen LogP) is 2.99. The third-order valence-electron chi connectivity index (χ3n) is 5.59. The molecule has 0 aromatic carbocycles. The lowest BCUT2D eigenvalue weighted by Gasteiger charge is -2.12. The van der Waals surface area contributed by atoms with Gasteiger partial charge in [0.1, 0.15) is 11.4 Å². The SMILES string of the molecule is COc1ccc(C2CC2COc2cc(NCc3ccc(C)nc3C)c(=O)n(C)n2)nc1. The van der Waals surface area contributed by atoms with Gasteiger partial charge < -0.3 is 14.8 Å². The van der Waals surface area contributed by atoms with Crippen molar-refractivity contribution in [2.45, 2.75) is 32.7 Å². The lowest BCUT2D eigenvalue weighted by Crippen LogP contribution is -2.24. The van der Waals surface area contributed by atoms with Gasteiger partial charge in [0.15, 0.2) is 0 Å². The maximum atomic E-state index is 12.5. The number of aromatic nitrogens is 4. The maximum absolute atomic E-state index is 12.5. The van der Waals surface area contributed by atoms with Gasteiger partial charge in [0.2, 0.25) is 5.88 Å². The fourth-order valence-corrected chi connectivity index (χ4v) is 3.59. The van der Waals surface area contributed by atoms with Gasteiger partial charge in [-0.05, 0) is 44.0 Å². The molecule has 3 aromatic rings. The summed E-state index contributed by atoms with van der Waals surface area (Å²) in [6, 6.07) is 9.58. The molecule has 162 valence electrons. The number of hydrogen-bond acceptors (Lipinski definition) is 7. The monoisotopic (exact) mass is 421 g/mol. The largest absolute Gasteiger partial charge is 0.495 e. The van der Waals surface area contributed by atoms with Gasteiger partial charge in [0.25, 0.3) is 5.56 Å². The van der Waals surface area contributed by atoms with E-state index in [9.17, 15) is 4.79 Å². The third kappa shape index (κ3) is 4.84. The van der Waals surface area contributed by atoms with Crippen LogP contribution in [0, 0.1) is 19.8 Å². The summed E-state index contributed by atoms with van der Waals surface area (Å²) in [4.78, 5) is 21.4. The van der Waals surface area contributed by atoms with E-state index < -0.39 is 0 Å². The summed E-state index contributed by atoms with van der Waals surface area (Å²) in [5.41, 5.74) is 4.27. The highest BCUT2D eigenvalue weighted by Gasteiger charge is 2.40. The number of nitrogens with one attached hydrogen (secondary N) is 1. The normalized spacial score (nSPS) is 17.3. The van der Waals surface area contributed by atoms with Crippen LogP contribution in [0.25, 0.3) is 0 Å². The van der Waals surface area contributed by atoms with E-state index in [2.05, 4.69) is 20.4 Å². The molecule has 31 heavy (non-hydrogen) atoms. The Labute approximate surface area is 181 Å². The second-order valence-electron chi connectivity index (χ2n) is 7.91. The molecule has 0 aliphatic heterocycles. The Kier molecular flexibility index (Phi) is 5.88. The minimum absolute atomic E-state index is 0.197. The van der Waals surface area contributed by atoms with Crippen molar-refractivity contribution in [3.05, 3.63) is 69.5 Å². The van der Waals surface area contributed by atoms with Crippen LogP contribution in [-0.4, -0.2) is 33.5 Å². The lowest BCUT2D eigenvalue weighted by atomic mass is 10.2. The average molecular weight is 422 g/mol. The number of pyridine rings is 2. The van der Waals surface area contributed by atoms with E-state index in [1.165, 1.54) is 4.68 Å². The van der Waals surface area contributed by atoms with Gasteiger partial charge in [0.05, 0.1) is 19.9 Å². The summed E-state index contributed by atoms with van der Waals surface area (Å²) >= 11 is 0. The molecule has 0 bridgehead atoms. The van der Waals surface area contributed by atoms with Gasteiger partial charge in [-0.15, -0.1) is 5.10 Å². The zero-order valence-electron chi connectivity index (χ0n) is 18.3. The van der Waals surface area contributed by atoms with Gasteiger partial charge >= 0.3 is 0 Å². The van der Waals surface area contributed by atoms with Crippen molar-refractivity contribution >= 4 is 5.69 Å². The van der Waals surface area contributed by atoms with Crippen molar-refractivity contribution in [3.8, 4) is 11.6 Å². The molecule has 0 radical (unpaired) electrons. The fraction of sp³-hybridized carbons (Fsp3) is 0.391. The first kappa shape index (κ1) is 20.8. The van der Waals surface area contributed by atoms with Crippen LogP contribution in [0.2, 0.25) is 0 Å². The van der Waals surface area contributed by atoms with Crippen molar-refractivity contribution in [3.63, 3.8) is 0 Å². The number of hydrogen-bond donors (Lipinski definition) is 1. The van der Waals surface area contributed by atoms with Crippen LogP contribution in [0.1, 0.15) is 35.0 Å². The van der Waals surface area contributed by atoms with Gasteiger partial charge in [-0.3, -0.25) is 14.8 Å². The summed E-state index contributed by atoms with van der Waals surface area (Å²) < 4.78 is 12.4. The van der Waals surface area contributed by atoms with Crippen LogP contribution in [0.4, 0.5) is 5.69 Å². The molecule has 2 unspecified atom stereocenters. The van der Waals surface area contributed by atoms with Crippen molar-refractivity contribution in [2.75, 3.05) is 19.0 Å². The van der Waals surface area contributed by atoms with E-state index in [4.69, 9.17) is 9.47 Å². The molecule has 1 aliphatic carbocycles. The molecule has 8 heteroatoms. The predicted molar refractivity (Wildman–Crippen MR) is 118 cm³/mol. The number of aryl methyl sites for hydroxylation is 3. The number of anilines is 1. The molecule has 0 saturated heterocycles. The number of rotatable bonds is 8. The Balaban J connectivity index is 1.38. The average Bonchev–Trinajstić information content (AvgIpc) is 3.54. The first-order valence-corrected chi connectivity index (χ1v) is 10.3. The molecule has 1 N–H and O–H groups in total. The van der Waals surface area contributed by atoms with Crippen LogP contribution >= 0.6 is 0 Å². The zero-order valence-corrected chi connectivity index (χ0v) is 18.3. The number of methoxy groups -OCH3 is 1. The second-order valence-corrected chi connectivity index (χ2v) is 7.91. The second kappa shape index (κ2) is 8.75. The standard InChI is InChI=1S/C23H27N5O3/c1-14-5-6-16(15(2)26-14)11-24-21-10-22(27-28(3)23(21)29)31-13-17-9-19(17)20-8-7-18(30-4)12-25-20/h5-8,10,12,17,19,24H,9,11,13H2,1-4H3. The van der Waals surface area contributed by atoms with E-state index in [0.29, 0.717) is 36.6 Å². The maximum Gasteiger partial charge on any atom is 0.290 e. The lowest BCUT2D eigenvalue weighted by molar-refractivity contribution is 0.278. The first-order valence-electron chi connectivity index (χ1n) is 10.3. The Morgan fingerprint density at radius 2 is 2.06 bits per heavy atom. The molecule has 1 fully saturated rings. The zero-order chi connectivity index (χ0) is 22.0. The molecule has 1 saturated carbocycles. The van der Waals surface area contributed by atoms with Crippen molar-refractivity contribution in [1.82, 2.24) is 19.7 Å². The van der Waals surface area contributed by atoms with E-state index in [-0.39, 0.29) is 5.56 Å². The minimum atomic E-state index is -0.197. The van der Waals surface area contributed by atoms with Gasteiger partial charge in [0, 0.05) is 48.6 Å². The molecular formula is C23H27N5O3. The Morgan fingerprint density at radius 3 is 2.77 bits per heavy atom. The van der Waals surface area contributed by atoms with Crippen LogP contribution in [0.15, 0.2) is 41.3 Å². The Bertz CT molecular complexity index is 1130. The third-order valence-corrected chi connectivity index (χ3v) is 5.59. The summed E-state index contributed by atoms with van der Waals surface area (Å²) in [5, 5.41) is 7.44. The molecule has 4 rings (SSSR count). The summed E-state index contributed by atoms with van der Waals surface area (Å²) in [6.45, 7) is 4.96. The molecule has 0 amide bonds. The van der Waals surface area contributed by atoms with E-state index in [1.807, 2.05) is 38.1 Å². The molecule has 2 atom stereocenters. The highest BCUT2D eigenvalue weighted by Crippen LogP contribution is 2.46. The molecular weight excluding hydrogens is 394 g/mol. The molecule has 1 aliphatic rings. The van der Waals surface area contributed by atoms with Crippen LogP contribution in [0.5, 0.6) is 11.6 Å². The van der Waals surface area contributed by atoms with E-state index in [0.717, 1.165) is 34.8 Å². The smallest absolute Gasteiger partial charge is 0.290 e. The van der Waals surface area contributed by atoms with Crippen LogP contribution < -0.4 is 20.3 Å². The van der Waals surface area contributed by atoms with E-state index >= 15 is 0 Å². The highest BCUT2D eigenvalue weighted by molar-refractivity contribution is 5.44. The Hall–Kier alpha value is -3.42. The van der Waals surface area contributed by atoms with Crippen molar-refractivity contribution in [2.24, 2.45) is 13.0 Å². The quantitative estimate of drug-likeness (QED) is 0.598. The van der Waals surface area contributed by atoms with Crippen LogP contribution in [-0.2, 0) is 13.6 Å².